The normalized spacial score (nSPS) is 22.4. The lowest BCUT2D eigenvalue weighted by Crippen LogP contribution is -2.59. The van der Waals surface area contributed by atoms with Crippen molar-refractivity contribution in [3.05, 3.63) is 69.8 Å². The Balaban J connectivity index is 1.86. The van der Waals surface area contributed by atoms with Crippen LogP contribution in [0.5, 0.6) is 5.75 Å². The first kappa shape index (κ1) is 15.7. The highest BCUT2D eigenvalue weighted by Gasteiger charge is 2.58. The second kappa shape index (κ2) is 5.09. The predicted octanol–water partition coefficient (Wildman–Crippen LogP) is 4.51. The third-order valence-corrected chi connectivity index (χ3v) is 5.44. The van der Waals surface area contributed by atoms with Crippen molar-refractivity contribution in [2.24, 2.45) is 0 Å². The van der Waals surface area contributed by atoms with Crippen LogP contribution >= 0.6 is 0 Å². The number of non-ortho nitro benzene ring substituents is 1. The molecule has 0 saturated carbocycles. The summed E-state index contributed by atoms with van der Waals surface area (Å²) in [5.41, 5.74) is 2.31. The highest BCUT2D eigenvalue weighted by atomic mass is 16.6. The standard InChI is InChI=1S/C20H20N2O3/c1-4-21-17-8-6-5-7-16(17)19(2,3)20(21)12-11-14-13-15(22(23)24)9-10-18(14)25-20/h5-13H,4H2,1-3H3. The van der Waals surface area contributed by atoms with E-state index < -0.39 is 5.72 Å². The van der Waals surface area contributed by atoms with Crippen molar-refractivity contribution in [1.29, 1.82) is 0 Å². The smallest absolute Gasteiger partial charge is 0.270 e. The number of para-hydroxylation sites is 1. The molecule has 0 fully saturated rings. The molecule has 25 heavy (non-hydrogen) atoms. The summed E-state index contributed by atoms with van der Waals surface area (Å²) in [5, 5.41) is 11.0. The van der Waals surface area contributed by atoms with Gasteiger partial charge in [-0.15, -0.1) is 0 Å². The van der Waals surface area contributed by atoms with Crippen molar-refractivity contribution in [3.63, 3.8) is 0 Å². The minimum atomic E-state index is -0.644. The Morgan fingerprint density at radius 3 is 2.68 bits per heavy atom. The maximum absolute atomic E-state index is 11.0. The molecule has 2 aliphatic heterocycles. The van der Waals surface area contributed by atoms with E-state index in [2.05, 4.69) is 43.9 Å². The topological polar surface area (TPSA) is 55.6 Å². The van der Waals surface area contributed by atoms with E-state index in [0.29, 0.717) is 5.75 Å². The van der Waals surface area contributed by atoms with E-state index in [1.807, 2.05) is 18.2 Å². The summed E-state index contributed by atoms with van der Waals surface area (Å²) in [5.74, 6) is 0.674. The van der Waals surface area contributed by atoms with Gasteiger partial charge in [0.2, 0.25) is 5.72 Å². The van der Waals surface area contributed by atoms with Gasteiger partial charge in [-0.3, -0.25) is 10.1 Å². The van der Waals surface area contributed by atoms with Gasteiger partial charge in [0.1, 0.15) is 5.75 Å². The molecule has 0 bridgehead atoms. The van der Waals surface area contributed by atoms with Gasteiger partial charge in [0.25, 0.3) is 5.69 Å². The van der Waals surface area contributed by atoms with E-state index >= 15 is 0 Å². The minimum Gasteiger partial charge on any atom is -0.463 e. The van der Waals surface area contributed by atoms with E-state index in [0.717, 1.165) is 12.1 Å². The molecule has 0 N–H and O–H groups in total. The summed E-state index contributed by atoms with van der Waals surface area (Å²) in [6, 6.07) is 13.1. The Labute approximate surface area is 146 Å². The van der Waals surface area contributed by atoms with Crippen LogP contribution in [0.1, 0.15) is 31.9 Å². The second-order valence-corrected chi connectivity index (χ2v) is 7.00. The Morgan fingerprint density at radius 2 is 1.96 bits per heavy atom. The van der Waals surface area contributed by atoms with Crippen molar-refractivity contribution in [2.75, 3.05) is 11.4 Å². The predicted molar refractivity (Wildman–Crippen MR) is 98.0 cm³/mol. The van der Waals surface area contributed by atoms with E-state index in [4.69, 9.17) is 4.74 Å². The van der Waals surface area contributed by atoms with Crippen molar-refractivity contribution < 1.29 is 9.66 Å². The zero-order valence-corrected chi connectivity index (χ0v) is 14.5. The lowest BCUT2D eigenvalue weighted by Gasteiger charge is -2.46. The Bertz CT molecular complexity index is 904. The Hall–Kier alpha value is -2.82. The third kappa shape index (κ3) is 1.95. The summed E-state index contributed by atoms with van der Waals surface area (Å²) in [7, 11) is 0. The molecule has 2 heterocycles. The number of fused-ring (bicyclic) bond motifs is 2. The van der Waals surface area contributed by atoms with E-state index in [-0.39, 0.29) is 16.0 Å². The fourth-order valence-corrected chi connectivity index (χ4v) is 4.11. The third-order valence-electron chi connectivity index (χ3n) is 5.44. The molecule has 0 aliphatic carbocycles. The number of hydrogen-bond acceptors (Lipinski definition) is 4. The van der Waals surface area contributed by atoms with Gasteiger partial charge < -0.3 is 9.64 Å². The van der Waals surface area contributed by atoms with Crippen LogP contribution in [0.3, 0.4) is 0 Å². The molecule has 4 rings (SSSR count). The first-order chi connectivity index (χ1) is 11.9. The van der Waals surface area contributed by atoms with Crippen LogP contribution in [0, 0.1) is 10.1 Å². The van der Waals surface area contributed by atoms with E-state index in [9.17, 15) is 10.1 Å². The summed E-state index contributed by atoms with van der Waals surface area (Å²) < 4.78 is 6.53. The monoisotopic (exact) mass is 336 g/mol. The highest BCUT2D eigenvalue weighted by molar-refractivity contribution is 5.73. The summed E-state index contributed by atoms with van der Waals surface area (Å²) >= 11 is 0. The van der Waals surface area contributed by atoms with Gasteiger partial charge in [0, 0.05) is 29.9 Å². The van der Waals surface area contributed by atoms with Crippen molar-refractivity contribution in [2.45, 2.75) is 31.9 Å². The average Bonchev–Trinajstić information content (AvgIpc) is 2.78. The van der Waals surface area contributed by atoms with Gasteiger partial charge in [0.05, 0.1) is 10.3 Å². The number of rotatable bonds is 2. The maximum atomic E-state index is 11.0. The van der Waals surface area contributed by atoms with Crippen LogP contribution in [0.15, 0.2) is 48.5 Å². The second-order valence-electron chi connectivity index (χ2n) is 7.00. The summed E-state index contributed by atoms with van der Waals surface area (Å²) in [6.45, 7) is 7.28. The molecule has 2 aromatic rings. The number of nitrogens with zero attached hydrogens (tertiary/aromatic N) is 2. The van der Waals surface area contributed by atoms with E-state index in [1.165, 1.54) is 17.3 Å². The zero-order valence-electron chi connectivity index (χ0n) is 14.5. The SMILES string of the molecule is CCN1c2ccccc2C(C)(C)C12C=Cc1cc([N+](=O)[O-])ccc1O2. The fourth-order valence-electron chi connectivity index (χ4n) is 4.11. The minimum absolute atomic E-state index is 0.0734. The largest absolute Gasteiger partial charge is 0.463 e. The van der Waals surface area contributed by atoms with Gasteiger partial charge in [-0.25, -0.2) is 0 Å². The van der Waals surface area contributed by atoms with Gasteiger partial charge in [-0.1, -0.05) is 18.2 Å². The van der Waals surface area contributed by atoms with Gasteiger partial charge in [-0.05, 0) is 50.6 Å². The van der Waals surface area contributed by atoms with Crippen LogP contribution in [0.2, 0.25) is 0 Å². The van der Waals surface area contributed by atoms with Crippen molar-refractivity contribution in [1.82, 2.24) is 0 Å². The van der Waals surface area contributed by atoms with Crippen molar-refractivity contribution in [3.8, 4) is 5.75 Å². The number of nitro groups is 1. The van der Waals surface area contributed by atoms with Crippen molar-refractivity contribution >= 4 is 17.5 Å². The number of hydrogen-bond donors (Lipinski definition) is 0. The molecular formula is C20H20N2O3. The molecule has 5 heteroatoms. The molecule has 0 radical (unpaired) electrons. The van der Waals surface area contributed by atoms with E-state index in [1.54, 1.807) is 12.1 Å². The average molecular weight is 336 g/mol. The van der Waals surface area contributed by atoms with Gasteiger partial charge >= 0.3 is 0 Å². The molecule has 1 atom stereocenters. The molecule has 2 aromatic carbocycles. The molecule has 2 aliphatic rings. The first-order valence-corrected chi connectivity index (χ1v) is 8.44. The van der Waals surface area contributed by atoms with Crippen LogP contribution in [-0.4, -0.2) is 17.2 Å². The quantitative estimate of drug-likeness (QED) is 0.598. The number of anilines is 1. The van der Waals surface area contributed by atoms with Crippen LogP contribution in [0.25, 0.3) is 6.08 Å². The zero-order chi connectivity index (χ0) is 17.8. The van der Waals surface area contributed by atoms with Gasteiger partial charge in [0.15, 0.2) is 0 Å². The highest BCUT2D eigenvalue weighted by Crippen LogP contribution is 2.54. The lowest BCUT2D eigenvalue weighted by atomic mass is 9.76. The number of ether oxygens (including phenoxy) is 1. The molecule has 1 spiro atoms. The summed E-state index contributed by atoms with van der Waals surface area (Å²) in [6.07, 6.45) is 3.99. The molecule has 128 valence electrons. The molecule has 0 amide bonds. The number of likely N-dealkylation sites (N-methyl/N-ethyl adjacent to an activating group) is 1. The Morgan fingerprint density at radius 1 is 1.20 bits per heavy atom. The summed E-state index contributed by atoms with van der Waals surface area (Å²) in [4.78, 5) is 12.9. The molecular weight excluding hydrogens is 316 g/mol. The number of nitro benzene ring substituents is 1. The maximum Gasteiger partial charge on any atom is 0.270 e. The fraction of sp³-hybridized carbons (Fsp3) is 0.300. The molecule has 0 saturated heterocycles. The van der Waals surface area contributed by atoms with Crippen LogP contribution in [-0.2, 0) is 5.41 Å². The molecule has 1 unspecified atom stereocenters. The Kier molecular flexibility index (Phi) is 3.19. The lowest BCUT2D eigenvalue weighted by molar-refractivity contribution is -0.384. The number of benzene rings is 2. The first-order valence-electron chi connectivity index (χ1n) is 8.44. The van der Waals surface area contributed by atoms with Crippen LogP contribution < -0.4 is 9.64 Å². The molecule has 0 aromatic heterocycles. The van der Waals surface area contributed by atoms with Crippen LogP contribution in [0.4, 0.5) is 11.4 Å². The van der Waals surface area contributed by atoms with Gasteiger partial charge in [-0.2, -0.15) is 0 Å². The molecule has 5 nitrogen and oxygen atoms in total.